The number of thioether (sulfide) groups is 1. The van der Waals surface area contributed by atoms with Crippen molar-refractivity contribution in [3.8, 4) is 0 Å². The van der Waals surface area contributed by atoms with Gasteiger partial charge in [-0.05, 0) is 13.8 Å². The van der Waals surface area contributed by atoms with Crippen molar-refractivity contribution in [2.45, 2.75) is 62.8 Å². The van der Waals surface area contributed by atoms with Gasteiger partial charge >= 0.3 is 0 Å². The van der Waals surface area contributed by atoms with Crippen LogP contribution in [0, 0.1) is 0 Å². The molecule has 0 bridgehead atoms. The first-order valence-corrected chi connectivity index (χ1v) is 13.6. The van der Waals surface area contributed by atoms with Crippen LogP contribution in [0.4, 0.5) is 5.95 Å². The van der Waals surface area contributed by atoms with Crippen LogP contribution in [-0.2, 0) is 36.5 Å². The number of aromatic nitrogens is 7. The first-order valence-electron chi connectivity index (χ1n) is 11.8. The molecule has 0 spiro atoms. The number of carbonyl (C=O) groups excluding carboxylic acids is 1. The van der Waals surface area contributed by atoms with E-state index >= 15 is 0 Å². The molecule has 18 heteroatoms. The van der Waals surface area contributed by atoms with Gasteiger partial charge in [0, 0.05) is 12.3 Å². The van der Waals surface area contributed by atoms with Crippen molar-refractivity contribution in [2.75, 3.05) is 24.6 Å². The number of carbonyl (C=O) groups is 1. The Hall–Kier alpha value is -2.66. The summed E-state index contributed by atoms with van der Waals surface area (Å²) in [6, 6.07) is 0. The van der Waals surface area contributed by atoms with Gasteiger partial charge in [0.1, 0.15) is 30.6 Å². The van der Waals surface area contributed by atoms with Gasteiger partial charge in [-0.3, -0.25) is 19.1 Å². The van der Waals surface area contributed by atoms with Crippen LogP contribution in [0.15, 0.2) is 16.1 Å². The molecule has 5 unspecified atom stereocenters. The zero-order chi connectivity index (χ0) is 26.8. The molecule has 3 aromatic heterocycles. The fourth-order valence-electron chi connectivity index (χ4n) is 4.00. The molecular formula is C20H28N9O7PS. The van der Waals surface area contributed by atoms with Crippen LogP contribution in [-0.4, -0.2) is 88.8 Å². The van der Waals surface area contributed by atoms with Crippen LogP contribution in [0.2, 0.25) is 0 Å². The number of hydrogen-bond donors (Lipinski definition) is 4. The number of fused-ring (bicyclic) bond motifs is 2. The Bertz CT molecular complexity index is 1350. The number of hydrogen-bond acceptors (Lipinski definition) is 13. The summed E-state index contributed by atoms with van der Waals surface area (Å²) in [5, 5.41) is 22.1. The topological polar surface area (TPSA) is 207 Å². The summed E-state index contributed by atoms with van der Waals surface area (Å²) in [5.74, 6) is 0.0672. The van der Waals surface area contributed by atoms with Gasteiger partial charge < -0.3 is 34.7 Å². The van der Waals surface area contributed by atoms with E-state index in [9.17, 15) is 14.7 Å². The lowest BCUT2D eigenvalue weighted by atomic mass is 10.1. The monoisotopic (exact) mass is 569 g/mol. The molecule has 16 nitrogen and oxygen atoms in total. The maximum atomic E-state index is 12.5. The van der Waals surface area contributed by atoms with Crippen molar-refractivity contribution in [3.05, 3.63) is 22.2 Å². The molecule has 1 amide bonds. The number of rotatable bonds is 10. The number of nitrogens with zero attached hydrogens (tertiary/aromatic N) is 6. The number of ether oxygens (including phenoxy) is 2. The number of imidazole rings is 1. The maximum Gasteiger partial charge on any atom is 0.280 e. The van der Waals surface area contributed by atoms with Gasteiger partial charge in [0.15, 0.2) is 31.6 Å². The SMILES string of the molecule is CC(C)OCc1cn(CC(=O)NCCSc2nc3c(=O)[nH]c(N)nc3n2C2OC3COPOC3C2O)nn1. The van der Waals surface area contributed by atoms with Gasteiger partial charge in [0.05, 0.1) is 25.5 Å². The second-order valence-corrected chi connectivity index (χ2v) is 10.6. The molecule has 3 aromatic rings. The molecule has 0 radical (unpaired) electrons. The molecule has 38 heavy (non-hydrogen) atoms. The van der Waals surface area contributed by atoms with E-state index in [4.69, 9.17) is 24.3 Å². The van der Waals surface area contributed by atoms with E-state index in [-0.39, 0.29) is 51.3 Å². The summed E-state index contributed by atoms with van der Waals surface area (Å²) in [6.45, 7) is 4.74. The molecule has 5 N–H and O–H groups in total. The van der Waals surface area contributed by atoms with Crippen molar-refractivity contribution in [1.29, 1.82) is 0 Å². The van der Waals surface area contributed by atoms with Gasteiger partial charge in [-0.25, -0.2) is 9.67 Å². The minimum atomic E-state index is -1.05. The quantitative estimate of drug-likeness (QED) is 0.136. The summed E-state index contributed by atoms with van der Waals surface area (Å²) < 4.78 is 25.4. The lowest BCUT2D eigenvalue weighted by molar-refractivity contribution is -0.121. The second kappa shape index (κ2) is 11.6. The molecule has 5 heterocycles. The minimum absolute atomic E-state index is 0.00402. The lowest BCUT2D eigenvalue weighted by Crippen LogP contribution is -2.37. The second-order valence-electron chi connectivity index (χ2n) is 8.89. The molecule has 206 valence electrons. The summed E-state index contributed by atoms with van der Waals surface area (Å²) in [5.41, 5.74) is 6.13. The van der Waals surface area contributed by atoms with Crippen molar-refractivity contribution in [3.63, 3.8) is 0 Å². The van der Waals surface area contributed by atoms with Crippen LogP contribution in [0.3, 0.4) is 0 Å². The van der Waals surface area contributed by atoms with Crippen LogP contribution < -0.4 is 16.6 Å². The standard InChI is InChI=1S/C20H28N9O7PS/c1-9(2)33-7-10-5-28(27-26-10)6-12(30)22-3-4-38-20-23-13-16(24-19(21)25-17(13)32)29(20)18-14(31)15-11(35-18)8-34-37-36-15/h5,9,11,14-15,18,31,37H,3-4,6-8H2,1-2H3,(H,22,30)(H3,21,24,25,32). The average Bonchev–Trinajstić information content (AvgIpc) is 3.56. The first kappa shape index (κ1) is 26.9. The number of nitrogens with one attached hydrogen (secondary N) is 2. The predicted octanol–water partition coefficient (Wildman–Crippen LogP) is -0.691. The highest BCUT2D eigenvalue weighted by molar-refractivity contribution is 7.99. The zero-order valence-corrected chi connectivity index (χ0v) is 22.4. The highest BCUT2D eigenvalue weighted by atomic mass is 32.2. The average molecular weight is 570 g/mol. The first-order chi connectivity index (χ1) is 18.3. The molecule has 5 atom stereocenters. The molecule has 2 saturated heterocycles. The van der Waals surface area contributed by atoms with Gasteiger partial charge in [0.25, 0.3) is 5.56 Å². The highest BCUT2D eigenvalue weighted by Gasteiger charge is 2.48. The number of nitrogens with two attached hydrogens (primary N) is 1. The Kier molecular flexibility index (Phi) is 8.23. The van der Waals surface area contributed by atoms with E-state index in [0.29, 0.717) is 29.8 Å². The molecule has 2 aliphatic heterocycles. The Morgan fingerprint density at radius 3 is 3.08 bits per heavy atom. The van der Waals surface area contributed by atoms with Crippen molar-refractivity contribution in [2.24, 2.45) is 0 Å². The molecule has 5 rings (SSSR count). The summed E-state index contributed by atoms with van der Waals surface area (Å²) >= 11 is 1.26. The van der Waals surface area contributed by atoms with Crippen LogP contribution in [0.5, 0.6) is 0 Å². The normalized spacial score (nSPS) is 23.9. The minimum Gasteiger partial charge on any atom is -0.386 e. The van der Waals surface area contributed by atoms with Gasteiger partial charge in [0.2, 0.25) is 11.9 Å². The third-order valence-electron chi connectivity index (χ3n) is 5.70. The van der Waals surface area contributed by atoms with E-state index in [1.165, 1.54) is 16.4 Å². The van der Waals surface area contributed by atoms with E-state index < -0.39 is 30.1 Å². The van der Waals surface area contributed by atoms with Crippen molar-refractivity contribution in [1.82, 2.24) is 39.8 Å². The largest absolute Gasteiger partial charge is 0.386 e. The third-order valence-corrected chi connectivity index (χ3v) is 7.31. The van der Waals surface area contributed by atoms with Crippen molar-refractivity contribution < 1.29 is 28.4 Å². The van der Waals surface area contributed by atoms with E-state index in [2.05, 4.69) is 30.6 Å². The highest BCUT2D eigenvalue weighted by Crippen LogP contribution is 2.41. The maximum absolute atomic E-state index is 12.5. The van der Waals surface area contributed by atoms with E-state index in [0.717, 1.165) is 0 Å². The van der Waals surface area contributed by atoms with E-state index in [1.54, 1.807) is 10.8 Å². The number of aromatic amines is 1. The zero-order valence-electron chi connectivity index (χ0n) is 20.6. The smallest absolute Gasteiger partial charge is 0.280 e. The fraction of sp³-hybridized carbons (Fsp3) is 0.600. The molecule has 2 aliphatic rings. The lowest BCUT2D eigenvalue weighted by Gasteiger charge is -2.24. The molecule has 0 aromatic carbocycles. The number of aliphatic hydroxyl groups excluding tert-OH is 1. The molecule has 2 fully saturated rings. The molecular weight excluding hydrogens is 541 g/mol. The summed E-state index contributed by atoms with van der Waals surface area (Å²) in [6.07, 6.45) is -1.32. The number of anilines is 1. The summed E-state index contributed by atoms with van der Waals surface area (Å²) in [4.78, 5) is 36.0. The Morgan fingerprint density at radius 2 is 2.29 bits per heavy atom. The fourth-order valence-corrected chi connectivity index (χ4v) is 5.57. The number of aliphatic hydroxyl groups is 1. The van der Waals surface area contributed by atoms with Crippen LogP contribution >= 0.6 is 20.8 Å². The van der Waals surface area contributed by atoms with Crippen LogP contribution in [0.25, 0.3) is 11.2 Å². The van der Waals surface area contributed by atoms with E-state index in [1.807, 2.05) is 13.8 Å². The van der Waals surface area contributed by atoms with Gasteiger partial charge in [-0.15, -0.1) is 5.10 Å². The number of H-pyrrole nitrogens is 1. The van der Waals surface area contributed by atoms with Gasteiger partial charge in [-0.2, -0.15) is 4.98 Å². The Morgan fingerprint density at radius 1 is 1.45 bits per heavy atom. The Labute approximate surface area is 221 Å². The third kappa shape index (κ3) is 5.83. The van der Waals surface area contributed by atoms with Crippen molar-refractivity contribution >= 4 is 43.8 Å². The number of amides is 1. The van der Waals surface area contributed by atoms with Crippen LogP contribution in [0.1, 0.15) is 25.8 Å². The number of nitrogen functional groups attached to an aromatic ring is 1. The summed E-state index contributed by atoms with van der Waals surface area (Å²) in [7, 11) is -0.200. The molecule has 0 aliphatic carbocycles. The Balaban J connectivity index is 1.24. The van der Waals surface area contributed by atoms with Gasteiger partial charge in [-0.1, -0.05) is 17.0 Å². The molecule has 0 saturated carbocycles. The predicted molar refractivity (Wildman–Crippen MR) is 135 cm³/mol.